The highest BCUT2D eigenvalue weighted by Gasteiger charge is 2.16. The van der Waals surface area contributed by atoms with Gasteiger partial charge in [-0.2, -0.15) is 4.72 Å². The number of sulfonamides is 1. The Morgan fingerprint density at radius 3 is 2.64 bits per heavy atom. The van der Waals surface area contributed by atoms with Crippen LogP contribution in [0, 0.1) is 24.6 Å². The molecule has 22 heavy (non-hydrogen) atoms. The minimum Gasteiger partial charge on any atom is -0.207 e. The van der Waals surface area contributed by atoms with Crippen LogP contribution < -0.4 is 4.72 Å². The molecule has 0 heterocycles. The van der Waals surface area contributed by atoms with Crippen molar-refractivity contribution in [3.05, 3.63) is 64.4 Å². The lowest BCUT2D eigenvalue weighted by Gasteiger charge is -2.08. The zero-order valence-corrected chi connectivity index (χ0v) is 13.3. The van der Waals surface area contributed by atoms with Crippen LogP contribution in [0.2, 0.25) is 5.02 Å². The third-order valence-corrected chi connectivity index (χ3v) is 4.91. The van der Waals surface area contributed by atoms with E-state index in [0.29, 0.717) is 10.6 Å². The maximum Gasteiger partial charge on any atom is 0.241 e. The molecule has 0 bridgehead atoms. The Kier molecular flexibility index (Phi) is 5.19. The molecule has 2 aromatic carbocycles. The summed E-state index contributed by atoms with van der Waals surface area (Å²) in [5.41, 5.74) is 0.694. The molecule has 114 valence electrons. The highest BCUT2D eigenvalue weighted by molar-refractivity contribution is 7.89. The molecule has 0 saturated heterocycles. The fraction of sp³-hybridized carbons (Fsp3) is 0.125. The van der Waals surface area contributed by atoms with Gasteiger partial charge in [0.05, 0.1) is 17.0 Å². The van der Waals surface area contributed by atoms with Crippen molar-refractivity contribution < 1.29 is 12.8 Å². The molecule has 0 aliphatic rings. The first-order valence-electron chi connectivity index (χ1n) is 6.40. The maximum absolute atomic E-state index is 13.4. The molecule has 0 aliphatic carbocycles. The quantitative estimate of drug-likeness (QED) is 0.875. The van der Waals surface area contributed by atoms with E-state index >= 15 is 0 Å². The Labute approximate surface area is 134 Å². The van der Waals surface area contributed by atoms with E-state index in [1.165, 1.54) is 18.2 Å². The number of halogens is 2. The van der Waals surface area contributed by atoms with E-state index < -0.39 is 15.8 Å². The highest BCUT2D eigenvalue weighted by atomic mass is 35.5. The molecule has 0 unspecified atom stereocenters. The van der Waals surface area contributed by atoms with Gasteiger partial charge in [0.2, 0.25) is 10.0 Å². The van der Waals surface area contributed by atoms with Gasteiger partial charge in [-0.1, -0.05) is 41.6 Å². The lowest BCUT2D eigenvalue weighted by atomic mass is 10.2. The van der Waals surface area contributed by atoms with Crippen molar-refractivity contribution in [1.29, 1.82) is 0 Å². The zero-order chi connectivity index (χ0) is 16.2. The summed E-state index contributed by atoms with van der Waals surface area (Å²) in [6.45, 7) is 1.50. The summed E-state index contributed by atoms with van der Waals surface area (Å²) < 4.78 is 40.1. The fourth-order valence-electron chi connectivity index (χ4n) is 1.79. The van der Waals surface area contributed by atoms with Crippen LogP contribution in [0.25, 0.3) is 0 Å². The second-order valence-corrected chi connectivity index (χ2v) is 6.61. The van der Waals surface area contributed by atoms with Gasteiger partial charge in [0.25, 0.3) is 0 Å². The van der Waals surface area contributed by atoms with Gasteiger partial charge in [0.15, 0.2) is 0 Å². The average molecular weight is 338 g/mol. The van der Waals surface area contributed by atoms with Crippen LogP contribution in [0.15, 0.2) is 47.4 Å². The Morgan fingerprint density at radius 1 is 1.18 bits per heavy atom. The Balaban J connectivity index is 2.12. The van der Waals surface area contributed by atoms with Crippen LogP contribution in [0.3, 0.4) is 0 Å². The minimum atomic E-state index is -3.71. The second-order valence-electron chi connectivity index (χ2n) is 4.47. The van der Waals surface area contributed by atoms with Crippen LogP contribution in [-0.2, 0) is 10.0 Å². The molecule has 0 fully saturated rings. The lowest BCUT2D eigenvalue weighted by Crippen LogP contribution is -2.24. The molecule has 1 N–H and O–H groups in total. The van der Waals surface area contributed by atoms with E-state index in [9.17, 15) is 12.8 Å². The maximum atomic E-state index is 13.4. The van der Waals surface area contributed by atoms with E-state index in [2.05, 4.69) is 16.6 Å². The van der Waals surface area contributed by atoms with Crippen molar-refractivity contribution in [2.75, 3.05) is 6.54 Å². The third-order valence-electron chi connectivity index (χ3n) is 2.96. The van der Waals surface area contributed by atoms with Crippen LogP contribution in [0.4, 0.5) is 4.39 Å². The highest BCUT2D eigenvalue weighted by Crippen LogP contribution is 2.22. The van der Waals surface area contributed by atoms with E-state index in [4.69, 9.17) is 11.6 Å². The molecule has 0 saturated carbocycles. The van der Waals surface area contributed by atoms with Gasteiger partial charge >= 0.3 is 0 Å². The first-order chi connectivity index (χ1) is 10.4. The van der Waals surface area contributed by atoms with Crippen LogP contribution in [-0.4, -0.2) is 15.0 Å². The van der Waals surface area contributed by atoms with Gasteiger partial charge in [-0.05, 0) is 36.8 Å². The summed E-state index contributed by atoms with van der Waals surface area (Å²) in [5, 5.41) is 0.375. The van der Waals surface area contributed by atoms with Gasteiger partial charge in [0.1, 0.15) is 5.82 Å². The van der Waals surface area contributed by atoms with Gasteiger partial charge in [0, 0.05) is 5.02 Å². The van der Waals surface area contributed by atoms with Gasteiger partial charge < -0.3 is 0 Å². The first-order valence-corrected chi connectivity index (χ1v) is 8.26. The van der Waals surface area contributed by atoms with Crippen molar-refractivity contribution in [3.63, 3.8) is 0 Å². The average Bonchev–Trinajstić information content (AvgIpc) is 2.48. The molecule has 0 aliphatic heterocycles. The number of rotatable bonds is 3. The monoisotopic (exact) mass is 337 g/mol. The lowest BCUT2D eigenvalue weighted by molar-refractivity contribution is 0.585. The number of hydrogen-bond acceptors (Lipinski definition) is 2. The molecule has 0 radical (unpaired) electrons. The Bertz CT molecular complexity index is 854. The van der Waals surface area contributed by atoms with Crippen LogP contribution >= 0.6 is 11.6 Å². The van der Waals surface area contributed by atoms with Crippen molar-refractivity contribution in [3.8, 4) is 11.8 Å². The van der Waals surface area contributed by atoms with E-state index in [0.717, 1.165) is 0 Å². The van der Waals surface area contributed by atoms with Gasteiger partial charge in [-0.3, -0.25) is 0 Å². The largest absolute Gasteiger partial charge is 0.241 e. The third kappa shape index (κ3) is 3.86. The molecular weight excluding hydrogens is 325 g/mol. The van der Waals surface area contributed by atoms with E-state index in [1.54, 1.807) is 31.2 Å². The van der Waals surface area contributed by atoms with Gasteiger partial charge in [-0.15, -0.1) is 0 Å². The zero-order valence-electron chi connectivity index (χ0n) is 11.7. The molecule has 0 atom stereocenters. The van der Waals surface area contributed by atoms with Gasteiger partial charge in [-0.25, -0.2) is 12.8 Å². The molecule has 3 nitrogen and oxygen atoms in total. The normalized spacial score (nSPS) is 10.9. The number of hydrogen-bond donors (Lipinski definition) is 1. The number of benzene rings is 2. The van der Waals surface area contributed by atoms with Crippen LogP contribution in [0.5, 0.6) is 0 Å². The molecule has 2 rings (SSSR count). The molecule has 6 heteroatoms. The van der Waals surface area contributed by atoms with Crippen LogP contribution in [0.1, 0.15) is 11.1 Å². The molecule has 0 amide bonds. The first kappa shape index (κ1) is 16.5. The van der Waals surface area contributed by atoms with Crippen molar-refractivity contribution in [2.45, 2.75) is 11.8 Å². The molecule has 0 spiro atoms. The minimum absolute atomic E-state index is 0.104. The Hall–Kier alpha value is -1.87. The summed E-state index contributed by atoms with van der Waals surface area (Å²) in [7, 11) is -3.71. The molecule has 2 aromatic rings. The molecular formula is C16H13ClFNO2S. The predicted octanol–water partition coefficient (Wildman–Crippen LogP) is 3.12. The van der Waals surface area contributed by atoms with Crippen molar-refractivity contribution in [1.82, 2.24) is 4.72 Å². The van der Waals surface area contributed by atoms with E-state index in [1.807, 2.05) is 0 Å². The number of nitrogens with one attached hydrogen (secondary N) is 1. The summed E-state index contributed by atoms with van der Waals surface area (Å²) in [5.74, 6) is 4.73. The summed E-state index contributed by atoms with van der Waals surface area (Å²) in [4.78, 5) is 0.104. The fourth-order valence-corrected chi connectivity index (χ4v) is 3.21. The summed E-state index contributed by atoms with van der Waals surface area (Å²) in [6, 6.07) is 10.7. The van der Waals surface area contributed by atoms with Crippen molar-refractivity contribution in [2.24, 2.45) is 0 Å². The van der Waals surface area contributed by atoms with Crippen molar-refractivity contribution >= 4 is 21.6 Å². The van der Waals surface area contributed by atoms with E-state index in [-0.39, 0.29) is 17.0 Å². The topological polar surface area (TPSA) is 46.2 Å². The summed E-state index contributed by atoms with van der Waals surface area (Å²) in [6.07, 6.45) is 0. The molecule has 0 aromatic heterocycles. The Morgan fingerprint density at radius 2 is 1.91 bits per heavy atom. The second kappa shape index (κ2) is 6.93. The SMILES string of the molecule is Cc1c(Cl)cccc1S(=O)(=O)NCC#Cc1ccccc1F. The summed E-state index contributed by atoms with van der Waals surface area (Å²) >= 11 is 5.92. The predicted molar refractivity (Wildman–Crippen MR) is 84.7 cm³/mol. The smallest absolute Gasteiger partial charge is 0.207 e. The standard InChI is InChI=1S/C16H13ClFNO2S/c1-12-14(17)8-4-10-16(12)22(20,21)19-11-5-7-13-6-2-3-9-15(13)18/h2-4,6,8-10,19H,11H2,1H3.